The predicted molar refractivity (Wildman–Crippen MR) is 69.5 cm³/mol. The largest absolute Gasteiger partial charge is 0.348 e. The van der Waals surface area contributed by atoms with Crippen LogP contribution in [0.3, 0.4) is 0 Å². The molecule has 1 aromatic carbocycles. The first kappa shape index (κ1) is 12.1. The number of nitrogens with zero attached hydrogens (tertiary/aromatic N) is 1. The number of hydrogen-bond donors (Lipinski definition) is 1. The van der Waals surface area contributed by atoms with Crippen molar-refractivity contribution in [2.75, 3.05) is 6.54 Å². The fourth-order valence-electron chi connectivity index (χ4n) is 2.50. The lowest BCUT2D eigenvalue weighted by molar-refractivity contribution is 0.508. The molecule has 0 aliphatic rings. The van der Waals surface area contributed by atoms with Gasteiger partial charge in [-0.05, 0) is 24.1 Å². The van der Waals surface area contributed by atoms with Crippen LogP contribution in [-0.4, -0.2) is 11.1 Å². The van der Waals surface area contributed by atoms with Crippen LogP contribution in [0.25, 0.3) is 10.9 Å². The number of fused-ring (bicyclic) bond motifs is 1. The van der Waals surface area contributed by atoms with Crippen LogP contribution in [0, 0.1) is 11.7 Å². The molecule has 2 nitrogen and oxygen atoms in total. The second-order valence-corrected chi connectivity index (χ2v) is 4.92. The van der Waals surface area contributed by atoms with Crippen LogP contribution < -0.4 is 5.73 Å². The van der Waals surface area contributed by atoms with E-state index in [0.29, 0.717) is 18.0 Å². The minimum Gasteiger partial charge on any atom is -0.348 e. The number of rotatable bonds is 3. The van der Waals surface area contributed by atoms with E-state index in [9.17, 15) is 4.39 Å². The van der Waals surface area contributed by atoms with E-state index in [1.165, 1.54) is 6.07 Å². The van der Waals surface area contributed by atoms with Gasteiger partial charge in [0.25, 0.3) is 0 Å². The molecule has 1 unspecified atom stereocenters. The Hall–Kier alpha value is -1.35. The molecule has 0 radical (unpaired) electrons. The lowest BCUT2D eigenvalue weighted by Gasteiger charge is -2.18. The molecular weight excluding hydrogens is 215 g/mol. The van der Waals surface area contributed by atoms with Gasteiger partial charge in [-0.3, -0.25) is 0 Å². The van der Waals surface area contributed by atoms with Crippen molar-refractivity contribution in [1.29, 1.82) is 0 Å². The molecule has 2 aromatic rings. The highest BCUT2D eigenvalue weighted by atomic mass is 19.1. The number of hydrogen-bond acceptors (Lipinski definition) is 1. The molecule has 0 bridgehead atoms. The molecule has 1 aromatic heterocycles. The quantitative estimate of drug-likeness (QED) is 0.869. The predicted octanol–water partition coefficient (Wildman–Crippen LogP) is 3.02. The second-order valence-electron chi connectivity index (χ2n) is 4.92. The first-order valence-electron chi connectivity index (χ1n) is 5.99. The zero-order valence-electron chi connectivity index (χ0n) is 10.6. The zero-order chi connectivity index (χ0) is 12.6. The molecule has 1 atom stereocenters. The molecule has 17 heavy (non-hydrogen) atoms. The molecule has 0 fully saturated rings. The topological polar surface area (TPSA) is 30.9 Å². The summed E-state index contributed by atoms with van der Waals surface area (Å²) >= 11 is 0. The number of benzene rings is 1. The second kappa shape index (κ2) is 4.49. The Kier molecular flexibility index (Phi) is 3.20. The summed E-state index contributed by atoms with van der Waals surface area (Å²) in [6.45, 7) is 4.89. The van der Waals surface area contributed by atoms with Crippen LogP contribution in [0.5, 0.6) is 0 Å². The molecule has 0 saturated carbocycles. The summed E-state index contributed by atoms with van der Waals surface area (Å²) in [6, 6.07) is 5.23. The van der Waals surface area contributed by atoms with E-state index in [0.717, 1.165) is 10.9 Å². The van der Waals surface area contributed by atoms with Gasteiger partial charge < -0.3 is 10.3 Å². The van der Waals surface area contributed by atoms with Crippen molar-refractivity contribution in [2.24, 2.45) is 18.7 Å². The molecule has 0 aliphatic heterocycles. The first-order chi connectivity index (χ1) is 8.06. The molecule has 3 heteroatoms. The Morgan fingerprint density at radius 2 is 2.06 bits per heavy atom. The van der Waals surface area contributed by atoms with Gasteiger partial charge in [0.1, 0.15) is 5.82 Å². The number of aromatic nitrogens is 1. The van der Waals surface area contributed by atoms with Gasteiger partial charge in [0.05, 0.1) is 5.52 Å². The van der Waals surface area contributed by atoms with Crippen molar-refractivity contribution in [3.8, 4) is 0 Å². The number of aryl methyl sites for hydroxylation is 1. The van der Waals surface area contributed by atoms with Crippen LogP contribution in [0.4, 0.5) is 4.39 Å². The lowest BCUT2D eigenvalue weighted by atomic mass is 9.88. The molecule has 2 rings (SSSR count). The monoisotopic (exact) mass is 234 g/mol. The fraction of sp³-hybridized carbons (Fsp3) is 0.429. The van der Waals surface area contributed by atoms with Gasteiger partial charge in [0, 0.05) is 24.5 Å². The Balaban J connectivity index is 2.67. The molecule has 92 valence electrons. The van der Waals surface area contributed by atoms with Crippen molar-refractivity contribution < 1.29 is 4.39 Å². The lowest BCUT2D eigenvalue weighted by Crippen LogP contribution is -2.17. The van der Waals surface area contributed by atoms with Gasteiger partial charge in [-0.25, -0.2) is 4.39 Å². The summed E-state index contributed by atoms with van der Waals surface area (Å²) in [6.07, 6.45) is 2.01. The fourth-order valence-corrected chi connectivity index (χ4v) is 2.50. The highest BCUT2D eigenvalue weighted by molar-refractivity contribution is 5.85. The summed E-state index contributed by atoms with van der Waals surface area (Å²) in [4.78, 5) is 0. The standard InChI is InChI=1S/C14H19FN2/c1-9(2)11(7-16)12-8-17(3)14-10(12)5-4-6-13(14)15/h4-6,8-9,11H,7,16H2,1-3H3. The van der Waals surface area contributed by atoms with Gasteiger partial charge in [0.15, 0.2) is 0 Å². The molecule has 0 saturated heterocycles. The average molecular weight is 234 g/mol. The average Bonchev–Trinajstić information content (AvgIpc) is 2.58. The Morgan fingerprint density at radius 1 is 1.35 bits per heavy atom. The molecule has 0 amide bonds. The normalized spacial score (nSPS) is 13.5. The molecular formula is C14H19FN2. The van der Waals surface area contributed by atoms with E-state index >= 15 is 0 Å². The Bertz CT molecular complexity index is 528. The number of nitrogens with two attached hydrogens (primary N) is 1. The summed E-state index contributed by atoms with van der Waals surface area (Å²) in [7, 11) is 1.88. The van der Waals surface area contributed by atoms with Crippen molar-refractivity contribution in [3.05, 3.63) is 35.8 Å². The third-order valence-corrected chi connectivity index (χ3v) is 3.44. The molecule has 0 spiro atoms. The van der Waals surface area contributed by atoms with Crippen molar-refractivity contribution in [3.63, 3.8) is 0 Å². The highest BCUT2D eigenvalue weighted by Crippen LogP contribution is 2.32. The first-order valence-corrected chi connectivity index (χ1v) is 5.99. The third kappa shape index (κ3) is 1.95. The molecule has 0 aliphatic carbocycles. The van der Waals surface area contributed by atoms with E-state index in [1.54, 1.807) is 6.07 Å². The summed E-state index contributed by atoms with van der Waals surface area (Å²) in [5.41, 5.74) is 7.66. The molecule has 2 N–H and O–H groups in total. The van der Waals surface area contributed by atoms with E-state index in [2.05, 4.69) is 13.8 Å². The Morgan fingerprint density at radius 3 is 2.65 bits per heavy atom. The smallest absolute Gasteiger partial charge is 0.147 e. The van der Waals surface area contributed by atoms with Gasteiger partial charge in [0.2, 0.25) is 0 Å². The summed E-state index contributed by atoms with van der Waals surface area (Å²) in [5.74, 6) is 0.560. The van der Waals surface area contributed by atoms with Crippen molar-refractivity contribution >= 4 is 10.9 Å². The maximum absolute atomic E-state index is 13.8. The minimum atomic E-state index is -0.171. The van der Waals surface area contributed by atoms with Gasteiger partial charge in [-0.2, -0.15) is 0 Å². The van der Waals surface area contributed by atoms with E-state index < -0.39 is 0 Å². The maximum Gasteiger partial charge on any atom is 0.147 e. The Labute approximate surface area is 101 Å². The third-order valence-electron chi connectivity index (χ3n) is 3.44. The summed E-state index contributed by atoms with van der Waals surface area (Å²) in [5, 5.41) is 0.983. The highest BCUT2D eigenvalue weighted by Gasteiger charge is 2.20. The van der Waals surface area contributed by atoms with Crippen molar-refractivity contribution in [1.82, 2.24) is 4.57 Å². The minimum absolute atomic E-state index is 0.171. The maximum atomic E-state index is 13.8. The van der Waals surface area contributed by atoms with E-state index in [4.69, 9.17) is 5.73 Å². The van der Waals surface area contributed by atoms with Crippen LogP contribution in [-0.2, 0) is 7.05 Å². The number of para-hydroxylation sites is 1. The van der Waals surface area contributed by atoms with Gasteiger partial charge in [-0.15, -0.1) is 0 Å². The van der Waals surface area contributed by atoms with E-state index in [1.807, 2.05) is 23.9 Å². The van der Waals surface area contributed by atoms with Crippen LogP contribution >= 0.6 is 0 Å². The van der Waals surface area contributed by atoms with Crippen LogP contribution in [0.15, 0.2) is 24.4 Å². The van der Waals surface area contributed by atoms with Crippen LogP contribution in [0.2, 0.25) is 0 Å². The van der Waals surface area contributed by atoms with Crippen LogP contribution in [0.1, 0.15) is 25.3 Å². The van der Waals surface area contributed by atoms with Gasteiger partial charge >= 0.3 is 0 Å². The SMILES string of the molecule is CC(C)C(CN)c1cn(C)c2c(F)cccc12. The summed E-state index contributed by atoms with van der Waals surface area (Å²) < 4.78 is 15.6. The van der Waals surface area contributed by atoms with E-state index in [-0.39, 0.29) is 11.7 Å². The number of halogens is 1. The van der Waals surface area contributed by atoms with Crippen molar-refractivity contribution in [2.45, 2.75) is 19.8 Å². The zero-order valence-corrected chi connectivity index (χ0v) is 10.6. The van der Waals surface area contributed by atoms with Gasteiger partial charge in [-0.1, -0.05) is 26.0 Å². The molecule has 1 heterocycles.